The monoisotopic (exact) mass is 301 g/mol. The Balaban J connectivity index is 1.60. The molecule has 0 saturated carbocycles. The Kier molecular flexibility index (Phi) is 5.44. The van der Waals surface area contributed by atoms with Crippen LogP contribution in [0, 0.1) is 0 Å². The van der Waals surface area contributed by atoms with Crippen molar-refractivity contribution in [1.82, 2.24) is 14.8 Å². The summed E-state index contributed by atoms with van der Waals surface area (Å²) in [6.07, 6.45) is 3.14. The van der Waals surface area contributed by atoms with Gasteiger partial charge in [-0.05, 0) is 12.1 Å². The normalized spacial score (nSPS) is 10.6. The van der Waals surface area contributed by atoms with Gasteiger partial charge in [-0.3, -0.25) is 4.68 Å². The van der Waals surface area contributed by atoms with Crippen LogP contribution >= 0.6 is 23.2 Å². The van der Waals surface area contributed by atoms with Crippen LogP contribution in [0.15, 0.2) is 30.9 Å². The minimum absolute atomic E-state index is 0.454. The van der Waals surface area contributed by atoms with Crippen LogP contribution in [0.4, 0.5) is 0 Å². The van der Waals surface area contributed by atoms with E-state index in [0.29, 0.717) is 42.2 Å². The van der Waals surface area contributed by atoms with Gasteiger partial charge >= 0.3 is 0 Å². The fourth-order valence-electron chi connectivity index (χ4n) is 1.39. The van der Waals surface area contributed by atoms with E-state index in [-0.39, 0.29) is 0 Å². The Hall–Kier alpha value is -1.30. The fourth-order valence-corrected chi connectivity index (χ4v) is 1.68. The molecule has 0 aliphatic carbocycles. The van der Waals surface area contributed by atoms with Crippen LogP contribution in [0.25, 0.3) is 0 Å². The van der Waals surface area contributed by atoms with Crippen LogP contribution < -0.4 is 4.74 Å². The van der Waals surface area contributed by atoms with Gasteiger partial charge in [0.15, 0.2) is 0 Å². The van der Waals surface area contributed by atoms with Gasteiger partial charge in [0.05, 0.1) is 29.8 Å². The van der Waals surface area contributed by atoms with Crippen LogP contribution in [-0.2, 0) is 11.3 Å². The summed E-state index contributed by atoms with van der Waals surface area (Å²) in [5.74, 6) is 0.675. The van der Waals surface area contributed by atoms with Crippen molar-refractivity contribution in [2.45, 2.75) is 6.54 Å². The van der Waals surface area contributed by atoms with Crippen molar-refractivity contribution >= 4 is 23.2 Å². The minimum Gasteiger partial charge on any atom is -0.491 e. The molecule has 5 nitrogen and oxygen atoms in total. The van der Waals surface area contributed by atoms with E-state index in [1.807, 2.05) is 0 Å². The Morgan fingerprint density at radius 1 is 1.11 bits per heavy atom. The van der Waals surface area contributed by atoms with Gasteiger partial charge in [-0.2, -0.15) is 5.10 Å². The smallest absolute Gasteiger partial charge is 0.137 e. The first kappa shape index (κ1) is 14.1. The van der Waals surface area contributed by atoms with Crippen molar-refractivity contribution in [3.05, 3.63) is 40.9 Å². The lowest BCUT2D eigenvalue weighted by Crippen LogP contribution is -2.11. The van der Waals surface area contributed by atoms with Gasteiger partial charge in [0.25, 0.3) is 0 Å². The zero-order chi connectivity index (χ0) is 13.5. The van der Waals surface area contributed by atoms with Gasteiger partial charge in [-0.25, -0.2) is 4.98 Å². The molecule has 0 saturated heterocycles. The standard InChI is InChI=1S/C12H13Cl2N3O2/c13-11-2-1-10(7-12(11)14)19-6-5-18-4-3-17-9-15-8-16-17/h1-2,7-9H,3-6H2. The molecule has 0 spiro atoms. The zero-order valence-corrected chi connectivity index (χ0v) is 11.6. The number of nitrogens with zero attached hydrogens (tertiary/aromatic N) is 3. The molecule has 0 radical (unpaired) electrons. The first-order valence-corrected chi connectivity index (χ1v) is 6.49. The highest BCUT2D eigenvalue weighted by Crippen LogP contribution is 2.26. The van der Waals surface area contributed by atoms with Crippen molar-refractivity contribution in [2.75, 3.05) is 19.8 Å². The van der Waals surface area contributed by atoms with E-state index in [0.717, 1.165) is 0 Å². The molecule has 1 aromatic carbocycles. The van der Waals surface area contributed by atoms with Gasteiger partial charge < -0.3 is 9.47 Å². The van der Waals surface area contributed by atoms with E-state index in [2.05, 4.69) is 10.1 Å². The summed E-state index contributed by atoms with van der Waals surface area (Å²) in [7, 11) is 0. The van der Waals surface area contributed by atoms with Gasteiger partial charge in [-0.1, -0.05) is 23.2 Å². The van der Waals surface area contributed by atoms with Crippen LogP contribution in [0.3, 0.4) is 0 Å². The Morgan fingerprint density at radius 3 is 2.74 bits per heavy atom. The molecule has 0 aliphatic rings. The number of halogens is 2. The average Bonchev–Trinajstić information content (AvgIpc) is 2.91. The second-order valence-electron chi connectivity index (χ2n) is 3.70. The van der Waals surface area contributed by atoms with E-state index >= 15 is 0 Å². The van der Waals surface area contributed by atoms with Gasteiger partial charge in [0.1, 0.15) is 25.0 Å². The molecule has 0 aliphatic heterocycles. The summed E-state index contributed by atoms with van der Waals surface area (Å²) < 4.78 is 12.6. The number of hydrogen-bond donors (Lipinski definition) is 0. The largest absolute Gasteiger partial charge is 0.491 e. The molecule has 0 fully saturated rings. The van der Waals surface area contributed by atoms with Crippen molar-refractivity contribution in [1.29, 1.82) is 0 Å². The van der Waals surface area contributed by atoms with E-state index < -0.39 is 0 Å². The first-order chi connectivity index (χ1) is 9.25. The lowest BCUT2D eigenvalue weighted by Gasteiger charge is -2.08. The van der Waals surface area contributed by atoms with Crippen LogP contribution in [0.5, 0.6) is 5.75 Å². The maximum Gasteiger partial charge on any atom is 0.137 e. The summed E-state index contributed by atoms with van der Waals surface area (Å²) >= 11 is 11.7. The Bertz CT molecular complexity index is 506. The summed E-state index contributed by atoms with van der Waals surface area (Å²) in [5, 5.41) is 4.96. The van der Waals surface area contributed by atoms with E-state index in [4.69, 9.17) is 32.7 Å². The molecule has 1 heterocycles. The second kappa shape index (κ2) is 7.33. The molecular formula is C12H13Cl2N3O2. The maximum absolute atomic E-state index is 5.87. The third-order valence-electron chi connectivity index (χ3n) is 2.32. The number of hydrogen-bond acceptors (Lipinski definition) is 4. The molecule has 0 bridgehead atoms. The zero-order valence-electron chi connectivity index (χ0n) is 10.1. The molecular weight excluding hydrogens is 289 g/mol. The number of ether oxygens (including phenoxy) is 2. The molecule has 7 heteroatoms. The first-order valence-electron chi connectivity index (χ1n) is 5.74. The number of benzene rings is 1. The summed E-state index contributed by atoms with van der Waals surface area (Å²) in [6, 6.07) is 5.15. The predicted octanol–water partition coefficient (Wildman–Crippen LogP) is 2.68. The van der Waals surface area contributed by atoms with Gasteiger partial charge in [-0.15, -0.1) is 0 Å². The molecule has 19 heavy (non-hydrogen) atoms. The van der Waals surface area contributed by atoms with Crippen molar-refractivity contribution in [3.63, 3.8) is 0 Å². The van der Waals surface area contributed by atoms with E-state index in [9.17, 15) is 0 Å². The molecule has 0 unspecified atom stereocenters. The highest BCUT2D eigenvalue weighted by molar-refractivity contribution is 6.42. The van der Waals surface area contributed by atoms with Crippen molar-refractivity contribution < 1.29 is 9.47 Å². The van der Waals surface area contributed by atoms with Crippen molar-refractivity contribution in [3.8, 4) is 5.75 Å². The Morgan fingerprint density at radius 2 is 2.00 bits per heavy atom. The predicted molar refractivity (Wildman–Crippen MR) is 72.8 cm³/mol. The van der Waals surface area contributed by atoms with Crippen LogP contribution in [-0.4, -0.2) is 34.6 Å². The highest BCUT2D eigenvalue weighted by Gasteiger charge is 2.00. The fraction of sp³-hybridized carbons (Fsp3) is 0.333. The molecule has 0 N–H and O–H groups in total. The molecule has 0 atom stereocenters. The molecule has 2 aromatic rings. The second-order valence-corrected chi connectivity index (χ2v) is 4.51. The Labute approximate surface area is 121 Å². The third-order valence-corrected chi connectivity index (χ3v) is 3.06. The lowest BCUT2D eigenvalue weighted by atomic mass is 10.3. The lowest BCUT2D eigenvalue weighted by molar-refractivity contribution is 0.0926. The van der Waals surface area contributed by atoms with Crippen LogP contribution in [0.2, 0.25) is 10.0 Å². The highest BCUT2D eigenvalue weighted by atomic mass is 35.5. The van der Waals surface area contributed by atoms with Gasteiger partial charge in [0, 0.05) is 6.07 Å². The van der Waals surface area contributed by atoms with E-state index in [1.165, 1.54) is 6.33 Å². The average molecular weight is 302 g/mol. The number of rotatable bonds is 7. The summed E-state index contributed by atoms with van der Waals surface area (Å²) in [4.78, 5) is 3.84. The quantitative estimate of drug-likeness (QED) is 0.738. The third kappa shape index (κ3) is 4.70. The molecule has 1 aromatic heterocycles. The van der Waals surface area contributed by atoms with Crippen LogP contribution in [0.1, 0.15) is 0 Å². The molecule has 0 amide bonds. The maximum atomic E-state index is 5.87. The topological polar surface area (TPSA) is 49.2 Å². The van der Waals surface area contributed by atoms with Gasteiger partial charge in [0.2, 0.25) is 0 Å². The molecule has 2 rings (SSSR count). The summed E-state index contributed by atoms with van der Waals surface area (Å²) in [6.45, 7) is 2.19. The summed E-state index contributed by atoms with van der Waals surface area (Å²) in [5.41, 5.74) is 0. The SMILES string of the molecule is Clc1ccc(OCCOCCn2cncn2)cc1Cl. The van der Waals surface area contributed by atoms with Crippen molar-refractivity contribution in [2.24, 2.45) is 0 Å². The van der Waals surface area contributed by atoms with E-state index in [1.54, 1.807) is 29.2 Å². The molecule has 102 valence electrons. The number of aromatic nitrogens is 3. The minimum atomic E-state index is 0.454.